The molecule has 2 rings (SSSR count). The Morgan fingerprint density at radius 1 is 1.15 bits per heavy atom. The first kappa shape index (κ1) is 15.4. The molecule has 2 N–H and O–H groups in total. The average molecular weight is 283 g/mol. The van der Waals surface area contributed by atoms with E-state index >= 15 is 0 Å². The number of hydrogen-bond acceptors (Lipinski definition) is 2. The summed E-state index contributed by atoms with van der Waals surface area (Å²) in [6, 6.07) is 3.46. The molecule has 0 aliphatic heterocycles. The number of hydrogen-bond donors (Lipinski definition) is 2. The monoisotopic (exact) mass is 283 g/mol. The molecule has 1 atom stereocenters. The zero-order valence-electron chi connectivity index (χ0n) is 12.0. The number of aliphatic hydroxyl groups is 1. The third-order valence-electron chi connectivity index (χ3n) is 4.42. The first-order valence-corrected chi connectivity index (χ1v) is 7.35. The minimum absolute atomic E-state index is 0.0711. The van der Waals surface area contributed by atoms with Gasteiger partial charge in [0.05, 0.1) is 0 Å². The standard InChI is InChI=1S/C16H23F2NO/c1-12(13-7-14(17)9-15(18)8-13)19-10-16(11-20)5-3-2-4-6-16/h7-9,12,19-20H,2-6,10-11H2,1H3. The van der Waals surface area contributed by atoms with Crippen LogP contribution in [0, 0.1) is 17.0 Å². The van der Waals surface area contributed by atoms with E-state index in [1.165, 1.54) is 18.6 Å². The van der Waals surface area contributed by atoms with Gasteiger partial charge in [0.2, 0.25) is 0 Å². The van der Waals surface area contributed by atoms with Gasteiger partial charge < -0.3 is 10.4 Å². The molecule has 0 heterocycles. The van der Waals surface area contributed by atoms with Crippen molar-refractivity contribution in [2.45, 2.75) is 45.1 Å². The number of aliphatic hydroxyl groups excluding tert-OH is 1. The van der Waals surface area contributed by atoms with Crippen molar-refractivity contribution in [1.82, 2.24) is 5.32 Å². The van der Waals surface area contributed by atoms with Crippen LogP contribution in [0.4, 0.5) is 8.78 Å². The van der Waals surface area contributed by atoms with E-state index in [2.05, 4.69) is 5.32 Å². The van der Waals surface area contributed by atoms with Crippen LogP contribution in [-0.2, 0) is 0 Å². The van der Waals surface area contributed by atoms with Crippen LogP contribution in [-0.4, -0.2) is 18.3 Å². The first-order chi connectivity index (χ1) is 9.54. The van der Waals surface area contributed by atoms with E-state index in [0.29, 0.717) is 12.1 Å². The lowest BCUT2D eigenvalue weighted by Gasteiger charge is -2.36. The van der Waals surface area contributed by atoms with Gasteiger partial charge in [-0.1, -0.05) is 19.3 Å². The molecular formula is C16H23F2NO. The lowest BCUT2D eigenvalue weighted by Crippen LogP contribution is -2.40. The molecule has 1 aliphatic carbocycles. The molecule has 4 heteroatoms. The van der Waals surface area contributed by atoms with Crippen molar-refractivity contribution in [2.75, 3.05) is 13.2 Å². The Bertz CT molecular complexity index is 424. The van der Waals surface area contributed by atoms with Gasteiger partial charge in [-0.3, -0.25) is 0 Å². The second kappa shape index (κ2) is 6.64. The smallest absolute Gasteiger partial charge is 0.126 e. The van der Waals surface area contributed by atoms with Crippen LogP contribution in [0.3, 0.4) is 0 Å². The second-order valence-corrected chi connectivity index (χ2v) is 6.02. The SMILES string of the molecule is CC(NCC1(CO)CCCCC1)c1cc(F)cc(F)c1. The largest absolute Gasteiger partial charge is 0.396 e. The van der Waals surface area contributed by atoms with Crippen molar-refractivity contribution in [3.8, 4) is 0 Å². The predicted octanol–water partition coefficient (Wildman–Crippen LogP) is 3.56. The molecule has 0 amide bonds. The summed E-state index contributed by atoms with van der Waals surface area (Å²) in [5, 5.41) is 13.0. The maximum atomic E-state index is 13.2. The van der Waals surface area contributed by atoms with Gasteiger partial charge in [0.1, 0.15) is 11.6 Å². The van der Waals surface area contributed by atoms with Crippen molar-refractivity contribution >= 4 is 0 Å². The Kier molecular flexibility index (Phi) is 5.11. The number of halogens is 2. The highest BCUT2D eigenvalue weighted by Gasteiger charge is 2.31. The zero-order chi connectivity index (χ0) is 14.6. The molecule has 0 spiro atoms. The summed E-state index contributed by atoms with van der Waals surface area (Å²) in [4.78, 5) is 0. The van der Waals surface area contributed by atoms with Gasteiger partial charge in [0.25, 0.3) is 0 Å². The van der Waals surface area contributed by atoms with E-state index in [9.17, 15) is 13.9 Å². The molecule has 20 heavy (non-hydrogen) atoms. The van der Waals surface area contributed by atoms with Crippen LogP contribution in [0.15, 0.2) is 18.2 Å². The van der Waals surface area contributed by atoms with E-state index in [1.54, 1.807) is 0 Å². The van der Waals surface area contributed by atoms with Gasteiger partial charge in [-0.25, -0.2) is 8.78 Å². The maximum absolute atomic E-state index is 13.2. The van der Waals surface area contributed by atoms with Gasteiger partial charge in [-0.15, -0.1) is 0 Å². The summed E-state index contributed by atoms with van der Waals surface area (Å²) in [6.45, 7) is 2.75. The van der Waals surface area contributed by atoms with Crippen molar-refractivity contribution in [2.24, 2.45) is 5.41 Å². The minimum atomic E-state index is -0.553. The summed E-state index contributed by atoms with van der Waals surface area (Å²) in [6.07, 6.45) is 5.55. The number of rotatable bonds is 5. The summed E-state index contributed by atoms with van der Waals surface area (Å²) in [7, 11) is 0. The Morgan fingerprint density at radius 3 is 2.30 bits per heavy atom. The lowest BCUT2D eigenvalue weighted by atomic mass is 9.74. The van der Waals surface area contributed by atoms with E-state index in [4.69, 9.17) is 0 Å². The molecule has 1 fully saturated rings. The van der Waals surface area contributed by atoms with Gasteiger partial charge in [0, 0.05) is 30.7 Å². The molecule has 0 saturated heterocycles. The molecule has 1 unspecified atom stereocenters. The van der Waals surface area contributed by atoms with Crippen molar-refractivity contribution in [3.63, 3.8) is 0 Å². The Hall–Kier alpha value is -1.00. The Balaban J connectivity index is 1.98. The van der Waals surface area contributed by atoms with Crippen LogP contribution in [0.2, 0.25) is 0 Å². The fourth-order valence-electron chi connectivity index (χ4n) is 3.01. The fourth-order valence-corrected chi connectivity index (χ4v) is 3.01. The first-order valence-electron chi connectivity index (χ1n) is 7.35. The van der Waals surface area contributed by atoms with Crippen molar-refractivity contribution in [3.05, 3.63) is 35.4 Å². The minimum Gasteiger partial charge on any atom is -0.396 e. The average Bonchev–Trinajstić information content (AvgIpc) is 2.45. The third kappa shape index (κ3) is 3.76. The van der Waals surface area contributed by atoms with Crippen LogP contribution in [0.5, 0.6) is 0 Å². The summed E-state index contributed by atoms with van der Waals surface area (Å²) < 4.78 is 26.4. The third-order valence-corrected chi connectivity index (χ3v) is 4.42. The van der Waals surface area contributed by atoms with Gasteiger partial charge >= 0.3 is 0 Å². The highest BCUT2D eigenvalue weighted by molar-refractivity contribution is 5.20. The van der Waals surface area contributed by atoms with E-state index in [-0.39, 0.29) is 18.1 Å². The molecule has 112 valence electrons. The Labute approximate surface area is 119 Å². The maximum Gasteiger partial charge on any atom is 0.126 e. The number of benzene rings is 1. The van der Waals surface area contributed by atoms with Crippen LogP contribution in [0.25, 0.3) is 0 Å². The van der Waals surface area contributed by atoms with E-state index in [0.717, 1.165) is 31.7 Å². The molecular weight excluding hydrogens is 260 g/mol. The quantitative estimate of drug-likeness (QED) is 0.866. The van der Waals surface area contributed by atoms with Crippen LogP contribution >= 0.6 is 0 Å². The molecule has 0 aromatic heterocycles. The normalized spacial score (nSPS) is 19.8. The summed E-state index contributed by atoms with van der Waals surface area (Å²) in [5.41, 5.74) is 0.532. The van der Waals surface area contributed by atoms with E-state index < -0.39 is 11.6 Å². The predicted molar refractivity (Wildman–Crippen MR) is 75.4 cm³/mol. The fraction of sp³-hybridized carbons (Fsp3) is 0.625. The highest BCUT2D eigenvalue weighted by atomic mass is 19.1. The molecule has 2 nitrogen and oxygen atoms in total. The van der Waals surface area contributed by atoms with Gasteiger partial charge in [0.15, 0.2) is 0 Å². The zero-order valence-corrected chi connectivity index (χ0v) is 12.0. The molecule has 1 aromatic rings. The van der Waals surface area contributed by atoms with Crippen LogP contribution in [0.1, 0.15) is 50.6 Å². The molecule has 1 aliphatic rings. The molecule has 1 saturated carbocycles. The van der Waals surface area contributed by atoms with Gasteiger partial charge in [-0.2, -0.15) is 0 Å². The molecule has 0 bridgehead atoms. The highest BCUT2D eigenvalue weighted by Crippen LogP contribution is 2.35. The molecule has 0 radical (unpaired) electrons. The number of nitrogens with one attached hydrogen (secondary N) is 1. The van der Waals surface area contributed by atoms with Crippen molar-refractivity contribution in [1.29, 1.82) is 0 Å². The Morgan fingerprint density at radius 2 is 1.75 bits per heavy atom. The lowest BCUT2D eigenvalue weighted by molar-refractivity contribution is 0.0788. The summed E-state index contributed by atoms with van der Waals surface area (Å²) in [5.74, 6) is -1.11. The topological polar surface area (TPSA) is 32.3 Å². The van der Waals surface area contributed by atoms with Crippen LogP contribution < -0.4 is 5.32 Å². The van der Waals surface area contributed by atoms with Gasteiger partial charge in [-0.05, 0) is 37.5 Å². The summed E-state index contributed by atoms with van der Waals surface area (Å²) >= 11 is 0. The van der Waals surface area contributed by atoms with E-state index in [1.807, 2.05) is 6.92 Å². The molecule has 1 aromatic carbocycles. The van der Waals surface area contributed by atoms with Crippen molar-refractivity contribution < 1.29 is 13.9 Å². The second-order valence-electron chi connectivity index (χ2n) is 6.02.